The zero-order valence-electron chi connectivity index (χ0n) is 18.7. The smallest absolute Gasteiger partial charge is 0.264 e. The standard InChI is InChI=1S/C24H24N2O7S/c1-30-20-11-9-18(13-22(20)31-2)26(34(28,29)19-6-4-3-5-7-19)15-24(27)25-14-17-8-10-21-23(12-17)33-16-32-21/h3-13H,14-16H2,1-2H3,(H,25,27). The summed E-state index contributed by atoms with van der Waals surface area (Å²) in [5.41, 5.74) is 1.06. The van der Waals surface area contributed by atoms with Gasteiger partial charge in [0.25, 0.3) is 10.0 Å². The van der Waals surface area contributed by atoms with Crippen molar-refractivity contribution in [3.8, 4) is 23.0 Å². The third-order valence-corrected chi connectivity index (χ3v) is 6.99. The van der Waals surface area contributed by atoms with Crippen molar-refractivity contribution in [3.05, 3.63) is 72.3 Å². The number of rotatable bonds is 9. The number of carbonyl (C=O) groups is 1. The Hall–Kier alpha value is -3.92. The zero-order valence-corrected chi connectivity index (χ0v) is 19.5. The van der Waals surface area contributed by atoms with Gasteiger partial charge < -0.3 is 24.3 Å². The largest absolute Gasteiger partial charge is 0.493 e. The molecule has 0 radical (unpaired) electrons. The molecular weight excluding hydrogens is 460 g/mol. The highest BCUT2D eigenvalue weighted by Crippen LogP contribution is 2.34. The second-order valence-corrected chi connectivity index (χ2v) is 9.19. The van der Waals surface area contributed by atoms with Crippen LogP contribution in [-0.2, 0) is 21.4 Å². The molecule has 1 aliphatic rings. The van der Waals surface area contributed by atoms with Gasteiger partial charge in [-0.25, -0.2) is 8.42 Å². The molecular formula is C24H24N2O7S. The number of carbonyl (C=O) groups excluding carboxylic acids is 1. The summed E-state index contributed by atoms with van der Waals surface area (Å²) in [6.45, 7) is -0.0827. The molecule has 4 rings (SSSR count). The lowest BCUT2D eigenvalue weighted by molar-refractivity contribution is -0.119. The molecule has 0 saturated carbocycles. The summed E-state index contributed by atoms with van der Waals surface area (Å²) in [6, 6.07) is 17.9. The zero-order chi connectivity index (χ0) is 24.1. The van der Waals surface area contributed by atoms with Crippen LogP contribution in [0.2, 0.25) is 0 Å². The van der Waals surface area contributed by atoms with E-state index in [1.54, 1.807) is 48.5 Å². The third kappa shape index (κ3) is 4.86. The fraction of sp³-hybridized carbons (Fsp3) is 0.208. The van der Waals surface area contributed by atoms with Gasteiger partial charge in [0.15, 0.2) is 23.0 Å². The van der Waals surface area contributed by atoms with Gasteiger partial charge in [0, 0.05) is 12.6 Å². The van der Waals surface area contributed by atoms with Crippen molar-refractivity contribution in [3.63, 3.8) is 0 Å². The van der Waals surface area contributed by atoms with Gasteiger partial charge in [0.2, 0.25) is 12.7 Å². The average molecular weight is 485 g/mol. The van der Waals surface area contributed by atoms with Crippen LogP contribution in [0.15, 0.2) is 71.6 Å². The van der Waals surface area contributed by atoms with Crippen molar-refractivity contribution < 1.29 is 32.2 Å². The SMILES string of the molecule is COc1ccc(N(CC(=O)NCc2ccc3c(c2)OCO3)S(=O)(=O)c2ccccc2)cc1OC. The van der Waals surface area contributed by atoms with E-state index in [0.29, 0.717) is 23.0 Å². The average Bonchev–Trinajstić information content (AvgIpc) is 3.34. The van der Waals surface area contributed by atoms with Crippen LogP contribution in [0.5, 0.6) is 23.0 Å². The van der Waals surface area contributed by atoms with E-state index in [0.717, 1.165) is 9.87 Å². The normalized spacial score (nSPS) is 12.2. The molecule has 1 N–H and O–H groups in total. The van der Waals surface area contributed by atoms with Crippen LogP contribution in [0.25, 0.3) is 0 Å². The number of benzene rings is 3. The number of amides is 1. The van der Waals surface area contributed by atoms with Crippen LogP contribution in [0, 0.1) is 0 Å². The number of anilines is 1. The molecule has 1 amide bonds. The molecule has 3 aromatic carbocycles. The number of hydrogen-bond donors (Lipinski definition) is 1. The second-order valence-electron chi connectivity index (χ2n) is 7.33. The van der Waals surface area contributed by atoms with Crippen molar-refractivity contribution in [2.45, 2.75) is 11.4 Å². The highest BCUT2D eigenvalue weighted by atomic mass is 32.2. The fourth-order valence-corrected chi connectivity index (χ4v) is 4.89. The number of methoxy groups -OCH3 is 2. The van der Waals surface area contributed by atoms with Crippen molar-refractivity contribution in [2.24, 2.45) is 0 Å². The Kier molecular flexibility index (Phi) is 6.78. The Morgan fingerprint density at radius 2 is 1.68 bits per heavy atom. The first-order valence-electron chi connectivity index (χ1n) is 10.4. The molecule has 0 aromatic heterocycles. The lowest BCUT2D eigenvalue weighted by Gasteiger charge is -2.25. The Balaban J connectivity index is 1.58. The molecule has 9 nitrogen and oxygen atoms in total. The highest BCUT2D eigenvalue weighted by Gasteiger charge is 2.28. The molecule has 1 heterocycles. The molecule has 1 aliphatic heterocycles. The van der Waals surface area contributed by atoms with E-state index < -0.39 is 22.5 Å². The van der Waals surface area contributed by atoms with E-state index in [2.05, 4.69) is 5.32 Å². The molecule has 0 bridgehead atoms. The maximum atomic E-state index is 13.5. The first-order chi connectivity index (χ1) is 16.4. The van der Waals surface area contributed by atoms with Crippen LogP contribution in [0.1, 0.15) is 5.56 Å². The number of sulfonamides is 1. The molecule has 0 fully saturated rings. The number of hydrogen-bond acceptors (Lipinski definition) is 7. The molecule has 178 valence electrons. The molecule has 0 aliphatic carbocycles. The first-order valence-corrected chi connectivity index (χ1v) is 11.8. The Morgan fingerprint density at radius 1 is 0.941 bits per heavy atom. The summed E-state index contributed by atoms with van der Waals surface area (Å²) in [7, 11) is -1.11. The van der Waals surface area contributed by atoms with Gasteiger partial charge in [-0.15, -0.1) is 0 Å². The number of nitrogens with one attached hydrogen (secondary N) is 1. The van der Waals surface area contributed by atoms with Gasteiger partial charge in [-0.2, -0.15) is 0 Å². The molecule has 0 unspecified atom stereocenters. The minimum Gasteiger partial charge on any atom is -0.493 e. The summed E-state index contributed by atoms with van der Waals surface area (Å²) in [5, 5.41) is 2.77. The predicted octanol–water partition coefficient (Wildman–Crippen LogP) is 2.94. The lowest BCUT2D eigenvalue weighted by Crippen LogP contribution is -2.40. The van der Waals surface area contributed by atoms with Gasteiger partial charge >= 0.3 is 0 Å². The van der Waals surface area contributed by atoms with Gasteiger partial charge in [-0.1, -0.05) is 24.3 Å². The Bertz CT molecular complexity index is 1280. The maximum absolute atomic E-state index is 13.5. The lowest BCUT2D eigenvalue weighted by atomic mass is 10.2. The highest BCUT2D eigenvalue weighted by molar-refractivity contribution is 7.92. The minimum absolute atomic E-state index is 0.0633. The van der Waals surface area contributed by atoms with Crippen LogP contribution >= 0.6 is 0 Å². The van der Waals surface area contributed by atoms with Crippen molar-refractivity contribution >= 4 is 21.6 Å². The van der Waals surface area contributed by atoms with Crippen LogP contribution in [-0.4, -0.2) is 41.9 Å². The van der Waals surface area contributed by atoms with Gasteiger partial charge in [-0.3, -0.25) is 9.10 Å². The summed E-state index contributed by atoms with van der Waals surface area (Å²) in [5.74, 6) is 1.55. The Morgan fingerprint density at radius 3 is 2.41 bits per heavy atom. The first kappa shape index (κ1) is 23.2. The van der Waals surface area contributed by atoms with Crippen molar-refractivity contribution in [1.82, 2.24) is 5.32 Å². The summed E-state index contributed by atoms with van der Waals surface area (Å²) < 4.78 is 49.2. The topological polar surface area (TPSA) is 103 Å². The fourth-order valence-electron chi connectivity index (χ4n) is 3.45. The maximum Gasteiger partial charge on any atom is 0.264 e. The second kappa shape index (κ2) is 9.92. The monoisotopic (exact) mass is 484 g/mol. The summed E-state index contributed by atoms with van der Waals surface area (Å²) in [4.78, 5) is 12.9. The van der Waals surface area contributed by atoms with E-state index >= 15 is 0 Å². The number of ether oxygens (including phenoxy) is 4. The van der Waals surface area contributed by atoms with E-state index in [1.807, 2.05) is 0 Å². The molecule has 10 heteroatoms. The minimum atomic E-state index is -4.05. The summed E-state index contributed by atoms with van der Waals surface area (Å²) in [6.07, 6.45) is 0. The van der Waals surface area contributed by atoms with E-state index in [4.69, 9.17) is 18.9 Å². The quantitative estimate of drug-likeness (QED) is 0.498. The summed E-state index contributed by atoms with van der Waals surface area (Å²) >= 11 is 0. The molecule has 0 saturated heterocycles. The van der Waals surface area contributed by atoms with Crippen LogP contribution in [0.3, 0.4) is 0 Å². The molecule has 3 aromatic rings. The molecule has 34 heavy (non-hydrogen) atoms. The van der Waals surface area contributed by atoms with E-state index in [1.165, 1.54) is 32.4 Å². The van der Waals surface area contributed by atoms with Crippen molar-refractivity contribution in [2.75, 3.05) is 31.9 Å². The van der Waals surface area contributed by atoms with E-state index in [9.17, 15) is 13.2 Å². The number of nitrogens with zero attached hydrogens (tertiary/aromatic N) is 1. The predicted molar refractivity (Wildman–Crippen MR) is 125 cm³/mol. The number of fused-ring (bicyclic) bond motifs is 1. The van der Waals surface area contributed by atoms with Crippen LogP contribution in [0.4, 0.5) is 5.69 Å². The molecule has 0 atom stereocenters. The van der Waals surface area contributed by atoms with Gasteiger partial charge in [0.05, 0.1) is 24.8 Å². The van der Waals surface area contributed by atoms with Gasteiger partial charge in [0.1, 0.15) is 6.54 Å². The van der Waals surface area contributed by atoms with E-state index in [-0.39, 0.29) is 23.9 Å². The Labute approximate surface area is 197 Å². The third-order valence-electron chi connectivity index (χ3n) is 5.20. The van der Waals surface area contributed by atoms with Gasteiger partial charge in [-0.05, 0) is 42.0 Å². The van der Waals surface area contributed by atoms with Crippen LogP contribution < -0.4 is 28.6 Å². The van der Waals surface area contributed by atoms with Crippen molar-refractivity contribution in [1.29, 1.82) is 0 Å². The molecule has 0 spiro atoms.